The number of nitrogens with one attached hydrogen (secondary N) is 2. The lowest BCUT2D eigenvalue weighted by Crippen LogP contribution is -2.49. The van der Waals surface area contributed by atoms with E-state index in [4.69, 9.17) is 12.2 Å². The first kappa shape index (κ1) is 17.2. The largest absolute Gasteiger partial charge is 0.361 e. The number of piperidine rings is 1. The molecular formula is C18H29N3S. The molecule has 2 atom stereocenters. The van der Waals surface area contributed by atoms with Gasteiger partial charge in [-0.15, -0.1) is 0 Å². The molecule has 0 radical (unpaired) electrons. The van der Waals surface area contributed by atoms with Crippen LogP contribution in [0.15, 0.2) is 18.2 Å². The highest BCUT2D eigenvalue weighted by Crippen LogP contribution is 2.20. The lowest BCUT2D eigenvalue weighted by molar-refractivity contribution is 0.116. The summed E-state index contributed by atoms with van der Waals surface area (Å²) >= 11 is 5.46. The summed E-state index contributed by atoms with van der Waals surface area (Å²) in [6, 6.07) is 7.48. The molecule has 1 aliphatic heterocycles. The predicted octanol–water partition coefficient (Wildman–Crippen LogP) is 3.85. The van der Waals surface area contributed by atoms with Crippen LogP contribution in [-0.4, -0.2) is 35.2 Å². The fourth-order valence-electron chi connectivity index (χ4n) is 3.30. The van der Waals surface area contributed by atoms with E-state index in [1.165, 1.54) is 36.9 Å². The van der Waals surface area contributed by atoms with Gasteiger partial charge in [0.05, 0.1) is 0 Å². The van der Waals surface area contributed by atoms with Crippen molar-refractivity contribution in [3.63, 3.8) is 0 Å². The minimum absolute atomic E-state index is 0.507. The SMILES string of the molecule is Cc1cccc(C)c1NC(=S)NC[C@@H](C)N1CCCC[C@H]1C. The molecule has 0 saturated carbocycles. The summed E-state index contributed by atoms with van der Waals surface area (Å²) in [5, 5.41) is 7.45. The Morgan fingerprint density at radius 1 is 1.32 bits per heavy atom. The van der Waals surface area contributed by atoms with E-state index in [2.05, 4.69) is 61.4 Å². The van der Waals surface area contributed by atoms with Gasteiger partial charge < -0.3 is 10.6 Å². The molecule has 0 amide bonds. The molecule has 0 unspecified atom stereocenters. The summed E-state index contributed by atoms with van der Waals surface area (Å²) in [6.07, 6.45) is 4.00. The Labute approximate surface area is 140 Å². The zero-order chi connectivity index (χ0) is 16.1. The molecule has 0 spiro atoms. The summed E-state index contributed by atoms with van der Waals surface area (Å²) in [4.78, 5) is 2.60. The standard InChI is InChI=1S/C18H29N3S/c1-13-8-7-9-14(2)17(13)20-18(22)19-12-16(4)21-11-6-5-10-15(21)3/h7-9,15-16H,5-6,10-12H2,1-4H3,(H2,19,20,22)/t15-,16-/m1/s1. The number of aryl methyl sites for hydroxylation is 2. The first-order chi connectivity index (χ1) is 10.5. The van der Waals surface area contributed by atoms with Crippen molar-refractivity contribution in [1.29, 1.82) is 0 Å². The van der Waals surface area contributed by atoms with Gasteiger partial charge in [-0.3, -0.25) is 4.90 Å². The maximum Gasteiger partial charge on any atom is 0.170 e. The van der Waals surface area contributed by atoms with Gasteiger partial charge in [-0.1, -0.05) is 24.6 Å². The van der Waals surface area contributed by atoms with E-state index >= 15 is 0 Å². The van der Waals surface area contributed by atoms with Crippen molar-refractivity contribution in [2.45, 2.75) is 59.0 Å². The number of hydrogen-bond donors (Lipinski definition) is 2. The van der Waals surface area contributed by atoms with Crippen molar-refractivity contribution < 1.29 is 0 Å². The van der Waals surface area contributed by atoms with Gasteiger partial charge in [-0.25, -0.2) is 0 Å². The third-order valence-electron chi connectivity index (χ3n) is 4.70. The van der Waals surface area contributed by atoms with E-state index in [1.807, 2.05) is 0 Å². The van der Waals surface area contributed by atoms with Crippen LogP contribution in [0, 0.1) is 13.8 Å². The predicted molar refractivity (Wildman–Crippen MR) is 99.6 cm³/mol. The number of nitrogens with zero attached hydrogens (tertiary/aromatic N) is 1. The van der Waals surface area contributed by atoms with Crippen LogP contribution in [0.3, 0.4) is 0 Å². The number of rotatable bonds is 4. The van der Waals surface area contributed by atoms with Crippen LogP contribution in [0.25, 0.3) is 0 Å². The molecule has 1 aliphatic rings. The van der Waals surface area contributed by atoms with Crippen LogP contribution in [0.1, 0.15) is 44.2 Å². The van der Waals surface area contributed by atoms with Crippen LogP contribution < -0.4 is 10.6 Å². The van der Waals surface area contributed by atoms with E-state index in [1.54, 1.807) is 0 Å². The maximum absolute atomic E-state index is 5.46. The highest BCUT2D eigenvalue weighted by molar-refractivity contribution is 7.80. The van der Waals surface area contributed by atoms with Crippen LogP contribution in [-0.2, 0) is 0 Å². The number of hydrogen-bond acceptors (Lipinski definition) is 2. The normalized spacial score (nSPS) is 20.5. The first-order valence-corrected chi connectivity index (χ1v) is 8.76. The van der Waals surface area contributed by atoms with Crippen LogP contribution in [0.4, 0.5) is 5.69 Å². The van der Waals surface area contributed by atoms with Gasteiger partial charge in [-0.2, -0.15) is 0 Å². The highest BCUT2D eigenvalue weighted by atomic mass is 32.1. The maximum atomic E-state index is 5.46. The second kappa shape index (κ2) is 7.93. The molecular weight excluding hydrogens is 290 g/mol. The van der Waals surface area contributed by atoms with E-state index in [0.717, 1.165) is 12.2 Å². The quantitative estimate of drug-likeness (QED) is 0.824. The van der Waals surface area contributed by atoms with E-state index in [0.29, 0.717) is 17.2 Å². The number of para-hydroxylation sites is 1. The smallest absolute Gasteiger partial charge is 0.170 e. The average Bonchev–Trinajstić information content (AvgIpc) is 2.49. The van der Waals surface area contributed by atoms with Crippen LogP contribution in [0.2, 0.25) is 0 Å². The van der Waals surface area contributed by atoms with Crippen molar-refractivity contribution >= 4 is 23.0 Å². The monoisotopic (exact) mass is 319 g/mol. The molecule has 1 saturated heterocycles. The third kappa shape index (κ3) is 4.43. The molecule has 0 bridgehead atoms. The first-order valence-electron chi connectivity index (χ1n) is 8.36. The van der Waals surface area contributed by atoms with Crippen molar-refractivity contribution in [1.82, 2.24) is 10.2 Å². The van der Waals surface area contributed by atoms with Crippen LogP contribution >= 0.6 is 12.2 Å². The molecule has 1 aromatic carbocycles. The second-order valence-corrected chi connectivity index (χ2v) is 6.94. The van der Waals surface area contributed by atoms with Gasteiger partial charge in [0, 0.05) is 24.3 Å². The molecule has 1 fully saturated rings. The third-order valence-corrected chi connectivity index (χ3v) is 4.94. The molecule has 3 nitrogen and oxygen atoms in total. The van der Waals surface area contributed by atoms with E-state index in [-0.39, 0.29) is 0 Å². The summed E-state index contributed by atoms with van der Waals surface area (Å²) in [5.41, 5.74) is 3.57. The van der Waals surface area contributed by atoms with Crippen molar-refractivity contribution in [2.24, 2.45) is 0 Å². The number of likely N-dealkylation sites (tertiary alicyclic amines) is 1. The van der Waals surface area contributed by atoms with Gasteiger partial charge in [0.25, 0.3) is 0 Å². The minimum atomic E-state index is 0.507. The average molecular weight is 320 g/mol. The number of benzene rings is 1. The summed E-state index contributed by atoms with van der Waals surface area (Å²) in [7, 11) is 0. The summed E-state index contributed by atoms with van der Waals surface area (Å²) < 4.78 is 0. The molecule has 2 rings (SSSR count). The van der Waals surface area contributed by atoms with Gasteiger partial charge in [0.1, 0.15) is 0 Å². The second-order valence-electron chi connectivity index (χ2n) is 6.53. The fraction of sp³-hybridized carbons (Fsp3) is 0.611. The zero-order valence-corrected chi connectivity index (χ0v) is 15.1. The lowest BCUT2D eigenvalue weighted by atomic mass is 10.0. The van der Waals surface area contributed by atoms with Crippen molar-refractivity contribution in [2.75, 3.05) is 18.4 Å². The van der Waals surface area contributed by atoms with Crippen LogP contribution in [0.5, 0.6) is 0 Å². The summed E-state index contributed by atoms with van der Waals surface area (Å²) in [6.45, 7) is 10.9. The molecule has 1 aromatic rings. The lowest BCUT2D eigenvalue weighted by Gasteiger charge is -2.38. The zero-order valence-electron chi connectivity index (χ0n) is 14.3. The molecule has 22 heavy (non-hydrogen) atoms. The molecule has 1 heterocycles. The Kier molecular flexibility index (Phi) is 6.21. The van der Waals surface area contributed by atoms with Crippen molar-refractivity contribution in [3.05, 3.63) is 29.3 Å². The Balaban J connectivity index is 1.85. The Morgan fingerprint density at radius 2 is 2.00 bits per heavy atom. The van der Waals surface area contributed by atoms with Gasteiger partial charge in [-0.05, 0) is 70.4 Å². The molecule has 2 N–H and O–H groups in total. The van der Waals surface area contributed by atoms with Gasteiger partial charge in [0.15, 0.2) is 5.11 Å². The Morgan fingerprint density at radius 3 is 2.64 bits per heavy atom. The molecule has 0 aromatic heterocycles. The van der Waals surface area contributed by atoms with E-state index in [9.17, 15) is 0 Å². The van der Waals surface area contributed by atoms with Crippen molar-refractivity contribution in [3.8, 4) is 0 Å². The van der Waals surface area contributed by atoms with Gasteiger partial charge in [0.2, 0.25) is 0 Å². The topological polar surface area (TPSA) is 27.3 Å². The van der Waals surface area contributed by atoms with Gasteiger partial charge >= 0.3 is 0 Å². The fourth-order valence-corrected chi connectivity index (χ4v) is 3.49. The highest BCUT2D eigenvalue weighted by Gasteiger charge is 2.22. The number of anilines is 1. The van der Waals surface area contributed by atoms with E-state index < -0.39 is 0 Å². The number of thiocarbonyl (C=S) groups is 1. The molecule has 4 heteroatoms. The Hall–Kier alpha value is -1.13. The molecule has 0 aliphatic carbocycles. The minimum Gasteiger partial charge on any atom is -0.361 e. The summed E-state index contributed by atoms with van der Waals surface area (Å²) in [5.74, 6) is 0. The molecule has 122 valence electrons. The Bertz CT molecular complexity index is 495.